The Balaban J connectivity index is 1.32. The molecule has 4 rings (SSSR count). The molecule has 2 aromatic rings. The number of carbonyl (C=O) groups excluding carboxylic acids is 1. The fraction of sp³-hybridized carbons (Fsp3) is 0.381. The van der Waals surface area contributed by atoms with Gasteiger partial charge in [-0.3, -0.25) is 4.90 Å². The second-order valence-electron chi connectivity index (χ2n) is 7.20. The van der Waals surface area contributed by atoms with Crippen molar-refractivity contribution in [2.24, 2.45) is 0 Å². The normalized spacial score (nSPS) is 16.8. The number of hydrogen-bond donors (Lipinski definition) is 0. The van der Waals surface area contributed by atoms with Gasteiger partial charge in [-0.15, -0.1) is 0 Å². The minimum absolute atomic E-state index is 0.196. The monoisotopic (exact) mass is 448 g/mol. The molecule has 0 aliphatic carbocycles. The molecule has 0 N–H and O–H groups in total. The molecule has 0 bridgehead atoms. The maximum Gasteiger partial charge on any atom is 0.343 e. The first-order valence-corrected chi connectivity index (χ1v) is 11.3. The van der Waals surface area contributed by atoms with Crippen molar-refractivity contribution < 1.29 is 32.2 Å². The predicted octanol–water partition coefficient (Wildman–Crippen LogP) is 1.47. The van der Waals surface area contributed by atoms with Crippen molar-refractivity contribution in [2.45, 2.75) is 11.4 Å². The standard InChI is InChI=1S/C21H24N2O7S/c1-27-21(24)14-28-17-3-5-18(6-4-17)31(25,26)23-10-8-22(9-11-23)13-16-2-7-19-20(12-16)30-15-29-19/h2-7,12H,8-11,13-15H2,1H3. The molecule has 0 amide bonds. The van der Waals surface area contributed by atoms with Crippen molar-refractivity contribution in [1.82, 2.24) is 9.21 Å². The van der Waals surface area contributed by atoms with E-state index in [2.05, 4.69) is 9.64 Å². The second kappa shape index (κ2) is 9.13. The number of hydrogen-bond acceptors (Lipinski definition) is 8. The third-order valence-electron chi connectivity index (χ3n) is 5.22. The van der Waals surface area contributed by atoms with Crippen molar-refractivity contribution >= 4 is 16.0 Å². The molecule has 0 saturated carbocycles. The molecule has 1 saturated heterocycles. The summed E-state index contributed by atoms with van der Waals surface area (Å²) in [6.07, 6.45) is 0. The summed E-state index contributed by atoms with van der Waals surface area (Å²) >= 11 is 0. The van der Waals surface area contributed by atoms with Crippen LogP contribution in [0.15, 0.2) is 47.4 Å². The smallest absolute Gasteiger partial charge is 0.343 e. The third kappa shape index (κ3) is 4.92. The number of sulfonamides is 1. The highest BCUT2D eigenvalue weighted by molar-refractivity contribution is 7.89. The van der Waals surface area contributed by atoms with Crippen LogP contribution < -0.4 is 14.2 Å². The van der Waals surface area contributed by atoms with Crippen LogP contribution in [0.1, 0.15) is 5.56 Å². The van der Waals surface area contributed by atoms with Gasteiger partial charge in [-0.1, -0.05) is 6.07 Å². The van der Waals surface area contributed by atoms with Crippen molar-refractivity contribution in [3.05, 3.63) is 48.0 Å². The zero-order valence-corrected chi connectivity index (χ0v) is 18.0. The summed E-state index contributed by atoms with van der Waals surface area (Å²) in [6.45, 7) is 2.82. The first kappa shape index (κ1) is 21.4. The number of ether oxygens (including phenoxy) is 4. The number of piperazine rings is 1. The highest BCUT2D eigenvalue weighted by atomic mass is 32.2. The van der Waals surface area contributed by atoms with E-state index in [1.54, 1.807) is 0 Å². The summed E-state index contributed by atoms with van der Waals surface area (Å²) < 4.78 is 48.0. The van der Waals surface area contributed by atoms with Crippen LogP contribution in [-0.4, -0.2) is 70.3 Å². The van der Waals surface area contributed by atoms with Crippen molar-refractivity contribution in [3.8, 4) is 17.2 Å². The van der Waals surface area contributed by atoms with E-state index in [9.17, 15) is 13.2 Å². The molecule has 0 aromatic heterocycles. The summed E-state index contributed by atoms with van der Waals surface area (Å²) in [5.74, 6) is 1.40. The van der Waals surface area contributed by atoms with Crippen LogP contribution in [0, 0.1) is 0 Å². The van der Waals surface area contributed by atoms with Crippen LogP contribution in [0.5, 0.6) is 17.2 Å². The molecule has 2 aliphatic rings. The molecular weight excluding hydrogens is 424 g/mol. The zero-order chi connectivity index (χ0) is 21.8. The molecule has 9 nitrogen and oxygen atoms in total. The molecule has 10 heteroatoms. The number of nitrogens with zero attached hydrogens (tertiary/aromatic N) is 2. The quantitative estimate of drug-likeness (QED) is 0.588. The lowest BCUT2D eigenvalue weighted by Gasteiger charge is -2.34. The maximum absolute atomic E-state index is 13.0. The van der Waals surface area contributed by atoms with Crippen LogP contribution in [0.25, 0.3) is 0 Å². The lowest BCUT2D eigenvalue weighted by Crippen LogP contribution is -2.48. The number of rotatable bonds is 7. The third-order valence-corrected chi connectivity index (χ3v) is 7.13. The van der Waals surface area contributed by atoms with Crippen LogP contribution in [-0.2, 0) is 26.1 Å². The fourth-order valence-electron chi connectivity index (χ4n) is 3.48. The Morgan fingerprint density at radius 3 is 2.42 bits per heavy atom. The van der Waals surface area contributed by atoms with Gasteiger partial charge < -0.3 is 18.9 Å². The Morgan fingerprint density at radius 1 is 1.00 bits per heavy atom. The molecule has 0 spiro atoms. The molecule has 2 aromatic carbocycles. The molecule has 0 unspecified atom stereocenters. The summed E-state index contributed by atoms with van der Waals surface area (Å²) in [5.41, 5.74) is 1.10. The fourth-order valence-corrected chi connectivity index (χ4v) is 4.91. The molecule has 1 fully saturated rings. The van der Waals surface area contributed by atoms with Gasteiger partial charge in [-0.2, -0.15) is 4.31 Å². The van der Waals surface area contributed by atoms with Gasteiger partial charge in [0.25, 0.3) is 0 Å². The van der Waals surface area contributed by atoms with Gasteiger partial charge in [0, 0.05) is 32.7 Å². The van der Waals surface area contributed by atoms with Crippen molar-refractivity contribution in [3.63, 3.8) is 0 Å². The van der Waals surface area contributed by atoms with Gasteiger partial charge in [0.05, 0.1) is 12.0 Å². The maximum atomic E-state index is 13.0. The molecule has 2 aliphatic heterocycles. The second-order valence-corrected chi connectivity index (χ2v) is 9.14. The van der Waals surface area contributed by atoms with Crippen molar-refractivity contribution in [2.75, 3.05) is 46.7 Å². The van der Waals surface area contributed by atoms with E-state index in [1.165, 1.54) is 35.7 Å². The molecule has 166 valence electrons. The van der Waals surface area contributed by atoms with Crippen molar-refractivity contribution in [1.29, 1.82) is 0 Å². The molecule has 31 heavy (non-hydrogen) atoms. The van der Waals surface area contributed by atoms with Crippen LogP contribution >= 0.6 is 0 Å². The Morgan fingerprint density at radius 2 is 1.71 bits per heavy atom. The Hall–Kier alpha value is -2.82. The minimum Gasteiger partial charge on any atom is -0.482 e. The average Bonchev–Trinajstić information content (AvgIpc) is 3.26. The van der Waals surface area contributed by atoms with Gasteiger partial charge in [-0.05, 0) is 42.0 Å². The van der Waals surface area contributed by atoms with E-state index in [-0.39, 0.29) is 18.3 Å². The highest BCUT2D eigenvalue weighted by Gasteiger charge is 2.28. The highest BCUT2D eigenvalue weighted by Crippen LogP contribution is 2.33. The van der Waals surface area contributed by atoms with E-state index in [0.29, 0.717) is 31.9 Å². The average molecular weight is 448 g/mol. The summed E-state index contributed by atoms with van der Waals surface area (Å²) in [7, 11) is -2.32. The Kier molecular flexibility index (Phi) is 6.30. The predicted molar refractivity (Wildman–Crippen MR) is 111 cm³/mol. The van der Waals surface area contributed by atoms with Gasteiger partial charge in [0.1, 0.15) is 5.75 Å². The topological polar surface area (TPSA) is 94.6 Å². The SMILES string of the molecule is COC(=O)COc1ccc(S(=O)(=O)N2CCN(Cc3ccc4c(c3)OCO4)CC2)cc1. The minimum atomic E-state index is -3.60. The largest absolute Gasteiger partial charge is 0.482 e. The Bertz CT molecular complexity index is 1030. The van der Waals surface area contributed by atoms with Gasteiger partial charge in [0.2, 0.25) is 16.8 Å². The van der Waals surface area contributed by atoms with Gasteiger partial charge in [-0.25, -0.2) is 13.2 Å². The van der Waals surface area contributed by atoms with E-state index < -0.39 is 16.0 Å². The Labute approximate surface area is 181 Å². The van der Waals surface area contributed by atoms with E-state index in [4.69, 9.17) is 14.2 Å². The van der Waals surface area contributed by atoms with E-state index in [0.717, 1.165) is 23.6 Å². The lowest BCUT2D eigenvalue weighted by atomic mass is 10.2. The molecule has 0 atom stereocenters. The molecule has 0 radical (unpaired) electrons. The summed E-state index contributed by atoms with van der Waals surface area (Å²) in [6, 6.07) is 11.9. The lowest BCUT2D eigenvalue weighted by molar-refractivity contribution is -0.142. The van der Waals surface area contributed by atoms with E-state index >= 15 is 0 Å². The zero-order valence-electron chi connectivity index (χ0n) is 17.2. The van der Waals surface area contributed by atoms with Gasteiger partial charge in [0.15, 0.2) is 18.1 Å². The van der Waals surface area contributed by atoms with Crippen LogP contribution in [0.4, 0.5) is 0 Å². The summed E-state index contributed by atoms with van der Waals surface area (Å²) in [4.78, 5) is 13.6. The van der Waals surface area contributed by atoms with E-state index in [1.807, 2.05) is 18.2 Å². The number of benzene rings is 2. The molecule has 2 heterocycles. The molecular formula is C21H24N2O7S. The first-order valence-electron chi connectivity index (χ1n) is 9.86. The number of fused-ring (bicyclic) bond motifs is 1. The van der Waals surface area contributed by atoms with Crippen LogP contribution in [0.3, 0.4) is 0 Å². The number of carbonyl (C=O) groups is 1. The summed E-state index contributed by atoms with van der Waals surface area (Å²) in [5, 5.41) is 0. The number of esters is 1. The first-order chi connectivity index (χ1) is 15.0. The number of methoxy groups -OCH3 is 1. The van der Waals surface area contributed by atoms with Crippen LogP contribution in [0.2, 0.25) is 0 Å². The van der Waals surface area contributed by atoms with Gasteiger partial charge >= 0.3 is 5.97 Å².